The molecule has 2 aromatic rings. The number of esters is 1. The number of hydrogen-bond acceptors (Lipinski definition) is 7. The average Bonchev–Trinajstić information content (AvgIpc) is 2.95. The SMILES string of the molecule is CCCCCN(C(=O)C(CO)NC(=O)OC(C)(C)C)C(C(=O)NC(Cc1ccccc1)C(=O)OC(C)(C)C)c1ccc(C)c(C)c1. The predicted octanol–water partition coefficient (Wildman–Crippen LogP) is 5.32. The number of aryl methyl sites for hydroxylation is 2. The summed E-state index contributed by atoms with van der Waals surface area (Å²) in [7, 11) is 0. The molecule has 3 atom stereocenters. The smallest absolute Gasteiger partial charge is 0.408 e. The average molecular weight is 640 g/mol. The summed E-state index contributed by atoms with van der Waals surface area (Å²) in [6, 6.07) is 11.2. The summed E-state index contributed by atoms with van der Waals surface area (Å²) in [5.74, 6) is -1.85. The van der Waals surface area contributed by atoms with Crippen molar-refractivity contribution in [2.45, 2.75) is 117 Å². The highest BCUT2D eigenvalue weighted by molar-refractivity contribution is 5.94. The number of rotatable bonds is 14. The predicted molar refractivity (Wildman–Crippen MR) is 178 cm³/mol. The van der Waals surface area contributed by atoms with Gasteiger partial charge in [-0.1, -0.05) is 68.3 Å². The molecule has 0 radical (unpaired) electrons. The minimum absolute atomic E-state index is 0.167. The zero-order chi connectivity index (χ0) is 34.7. The van der Waals surface area contributed by atoms with Crippen LogP contribution in [0.25, 0.3) is 0 Å². The van der Waals surface area contributed by atoms with Crippen molar-refractivity contribution in [2.75, 3.05) is 13.2 Å². The molecule has 0 aliphatic rings. The van der Waals surface area contributed by atoms with Crippen LogP contribution in [-0.4, -0.2) is 70.3 Å². The molecule has 3 unspecified atom stereocenters. The topological polar surface area (TPSA) is 134 Å². The van der Waals surface area contributed by atoms with E-state index in [1.165, 1.54) is 4.90 Å². The van der Waals surface area contributed by atoms with Crippen LogP contribution in [0.2, 0.25) is 0 Å². The van der Waals surface area contributed by atoms with Crippen LogP contribution in [0.4, 0.5) is 4.79 Å². The molecule has 0 aliphatic carbocycles. The molecule has 0 spiro atoms. The van der Waals surface area contributed by atoms with Crippen molar-refractivity contribution in [1.29, 1.82) is 0 Å². The van der Waals surface area contributed by atoms with Crippen molar-refractivity contribution < 1.29 is 33.8 Å². The van der Waals surface area contributed by atoms with Crippen molar-refractivity contribution in [3.05, 3.63) is 70.8 Å². The van der Waals surface area contributed by atoms with Gasteiger partial charge in [-0.3, -0.25) is 9.59 Å². The summed E-state index contributed by atoms with van der Waals surface area (Å²) in [4.78, 5) is 56.0. The Morgan fingerprint density at radius 3 is 2.00 bits per heavy atom. The Labute approximate surface area is 274 Å². The first-order chi connectivity index (χ1) is 21.5. The van der Waals surface area contributed by atoms with E-state index in [0.717, 1.165) is 29.5 Å². The van der Waals surface area contributed by atoms with Gasteiger partial charge in [0.2, 0.25) is 11.8 Å². The summed E-state index contributed by atoms with van der Waals surface area (Å²) in [6.07, 6.45) is 1.52. The summed E-state index contributed by atoms with van der Waals surface area (Å²) in [6.45, 7) is 15.7. The van der Waals surface area contributed by atoms with Gasteiger partial charge in [-0.15, -0.1) is 0 Å². The number of nitrogens with zero attached hydrogens (tertiary/aromatic N) is 1. The van der Waals surface area contributed by atoms with E-state index in [1.54, 1.807) is 47.6 Å². The minimum Gasteiger partial charge on any atom is -0.458 e. The van der Waals surface area contributed by atoms with Crippen LogP contribution in [0.5, 0.6) is 0 Å². The Kier molecular flexibility index (Phi) is 14.2. The molecule has 3 N–H and O–H groups in total. The number of aliphatic hydroxyl groups is 1. The molecule has 0 fully saturated rings. The van der Waals surface area contributed by atoms with Crippen LogP contribution in [0.15, 0.2) is 48.5 Å². The van der Waals surface area contributed by atoms with Crippen molar-refractivity contribution in [3.63, 3.8) is 0 Å². The first-order valence-corrected chi connectivity index (χ1v) is 16.0. The summed E-state index contributed by atoms with van der Waals surface area (Å²) in [5.41, 5.74) is 1.64. The first kappa shape index (κ1) is 38.3. The lowest BCUT2D eigenvalue weighted by Gasteiger charge is -2.35. The van der Waals surface area contributed by atoms with Crippen LogP contribution >= 0.6 is 0 Å². The quantitative estimate of drug-likeness (QED) is 0.188. The minimum atomic E-state index is -1.37. The molecule has 0 heterocycles. The Balaban J connectivity index is 2.60. The molecule has 10 nitrogen and oxygen atoms in total. The first-order valence-electron chi connectivity index (χ1n) is 16.0. The van der Waals surface area contributed by atoms with E-state index in [1.807, 2.05) is 63.2 Å². The van der Waals surface area contributed by atoms with Gasteiger partial charge in [0.1, 0.15) is 29.3 Å². The Bertz CT molecular complexity index is 1320. The molecule has 10 heteroatoms. The van der Waals surface area contributed by atoms with Crippen LogP contribution in [0.3, 0.4) is 0 Å². The molecule has 0 bridgehead atoms. The van der Waals surface area contributed by atoms with Gasteiger partial charge in [-0.25, -0.2) is 9.59 Å². The van der Waals surface area contributed by atoms with E-state index in [4.69, 9.17) is 9.47 Å². The maximum absolute atomic E-state index is 14.4. The van der Waals surface area contributed by atoms with Crippen molar-refractivity contribution >= 4 is 23.9 Å². The highest BCUT2D eigenvalue weighted by Gasteiger charge is 2.38. The van der Waals surface area contributed by atoms with Gasteiger partial charge in [0.15, 0.2) is 0 Å². The third-order valence-corrected chi connectivity index (χ3v) is 7.15. The van der Waals surface area contributed by atoms with Crippen LogP contribution in [0, 0.1) is 13.8 Å². The maximum Gasteiger partial charge on any atom is 0.408 e. The molecular formula is C36H53N3O7. The number of aliphatic hydroxyl groups excluding tert-OH is 1. The van der Waals surface area contributed by atoms with Crippen LogP contribution in [0.1, 0.15) is 96.0 Å². The number of nitrogens with one attached hydrogen (secondary N) is 2. The Hall–Kier alpha value is -3.92. The highest BCUT2D eigenvalue weighted by atomic mass is 16.6. The fraction of sp³-hybridized carbons (Fsp3) is 0.556. The summed E-state index contributed by atoms with van der Waals surface area (Å²) < 4.78 is 11.0. The van der Waals surface area contributed by atoms with Crippen LogP contribution in [-0.2, 0) is 30.3 Å². The molecule has 0 saturated carbocycles. The zero-order valence-electron chi connectivity index (χ0n) is 28.9. The number of hydrogen-bond donors (Lipinski definition) is 3. The largest absolute Gasteiger partial charge is 0.458 e. The van der Waals surface area contributed by atoms with Crippen molar-refractivity contribution in [3.8, 4) is 0 Å². The van der Waals surface area contributed by atoms with Gasteiger partial charge in [-0.05, 0) is 84.1 Å². The number of carbonyl (C=O) groups is 4. The van der Waals surface area contributed by atoms with Crippen molar-refractivity contribution in [2.24, 2.45) is 0 Å². The Morgan fingerprint density at radius 1 is 0.826 bits per heavy atom. The van der Waals surface area contributed by atoms with Gasteiger partial charge in [0, 0.05) is 13.0 Å². The Morgan fingerprint density at radius 2 is 1.46 bits per heavy atom. The van der Waals surface area contributed by atoms with E-state index >= 15 is 0 Å². The zero-order valence-corrected chi connectivity index (χ0v) is 28.9. The summed E-state index contributed by atoms with van der Waals surface area (Å²) in [5, 5.41) is 15.6. The van der Waals surface area contributed by atoms with E-state index in [0.29, 0.717) is 12.0 Å². The maximum atomic E-state index is 14.4. The lowest BCUT2D eigenvalue weighted by atomic mass is 9.97. The molecule has 46 heavy (non-hydrogen) atoms. The van der Waals surface area contributed by atoms with Crippen molar-refractivity contribution in [1.82, 2.24) is 15.5 Å². The fourth-order valence-electron chi connectivity index (χ4n) is 4.81. The van der Waals surface area contributed by atoms with E-state index in [-0.39, 0.29) is 13.0 Å². The summed E-state index contributed by atoms with van der Waals surface area (Å²) >= 11 is 0. The standard InChI is InChI=1S/C36H53N3O7/c1-10-11-15-20-39(32(42)29(23-40)38-34(44)46-36(7,8)9)30(27-19-18-24(2)25(3)21-27)31(41)37-28(33(43)45-35(4,5)6)22-26-16-13-12-14-17-26/h12-14,16-19,21,28-30,40H,10-11,15,20,22-23H2,1-9H3,(H,37,41)(H,38,44). The monoisotopic (exact) mass is 639 g/mol. The molecule has 254 valence electrons. The number of benzene rings is 2. The fourth-order valence-corrected chi connectivity index (χ4v) is 4.81. The van der Waals surface area contributed by atoms with E-state index in [9.17, 15) is 24.3 Å². The highest BCUT2D eigenvalue weighted by Crippen LogP contribution is 2.26. The van der Waals surface area contributed by atoms with Gasteiger partial charge in [0.05, 0.1) is 6.61 Å². The van der Waals surface area contributed by atoms with E-state index < -0.39 is 59.8 Å². The van der Waals surface area contributed by atoms with E-state index in [2.05, 4.69) is 10.6 Å². The second kappa shape index (κ2) is 17.1. The number of alkyl carbamates (subject to hydrolysis) is 1. The van der Waals surface area contributed by atoms with Gasteiger partial charge in [-0.2, -0.15) is 0 Å². The van der Waals surface area contributed by atoms with Gasteiger partial charge in [0.25, 0.3) is 0 Å². The van der Waals surface area contributed by atoms with Crippen LogP contribution < -0.4 is 10.6 Å². The third-order valence-electron chi connectivity index (χ3n) is 7.15. The lowest BCUT2D eigenvalue weighted by molar-refractivity contribution is -0.159. The van der Waals surface area contributed by atoms with Gasteiger partial charge < -0.3 is 30.1 Å². The molecule has 2 aromatic carbocycles. The molecule has 0 aromatic heterocycles. The number of amides is 3. The lowest BCUT2D eigenvalue weighted by Crippen LogP contribution is -2.56. The number of unbranched alkanes of at least 4 members (excludes halogenated alkanes) is 2. The molecule has 0 aliphatic heterocycles. The second-order valence-corrected chi connectivity index (χ2v) is 13.7. The molecule has 0 saturated heterocycles. The number of carbonyl (C=O) groups excluding carboxylic acids is 4. The molecular weight excluding hydrogens is 586 g/mol. The van der Waals surface area contributed by atoms with Gasteiger partial charge >= 0.3 is 12.1 Å². The normalized spacial score (nSPS) is 13.6. The second-order valence-electron chi connectivity index (χ2n) is 13.7. The molecule has 2 rings (SSSR count). The molecule has 3 amide bonds. The third kappa shape index (κ3) is 12.5. The number of ether oxygens (including phenoxy) is 2.